The van der Waals surface area contributed by atoms with Crippen LogP contribution in [0.1, 0.15) is 113 Å². The minimum Gasteiger partial charge on any atom is -0.388 e. The maximum atomic E-state index is 12.7. The monoisotopic (exact) mass is 442 g/mol. The van der Waals surface area contributed by atoms with Crippen molar-refractivity contribution < 1.29 is 19.8 Å². The van der Waals surface area contributed by atoms with Gasteiger partial charge in [-0.25, -0.2) is 0 Å². The molecule has 0 fully saturated rings. The van der Waals surface area contributed by atoms with Crippen LogP contribution in [-0.2, 0) is 9.59 Å². The van der Waals surface area contributed by atoms with E-state index >= 15 is 0 Å². The second-order valence-corrected chi connectivity index (χ2v) is 9.96. The fraction of sp³-hybridized carbons (Fsp3) is 0.920. The van der Waals surface area contributed by atoms with Gasteiger partial charge in [-0.1, -0.05) is 81.1 Å². The van der Waals surface area contributed by atoms with E-state index in [2.05, 4.69) is 10.6 Å². The van der Waals surface area contributed by atoms with Gasteiger partial charge in [-0.3, -0.25) is 9.59 Å². The molecule has 2 amide bonds. The zero-order valence-electron chi connectivity index (χ0n) is 21.4. The van der Waals surface area contributed by atoms with E-state index in [1.54, 1.807) is 0 Å². The van der Waals surface area contributed by atoms with E-state index in [1.165, 1.54) is 0 Å². The zero-order chi connectivity index (χ0) is 24.2. The quantitative estimate of drug-likeness (QED) is 0.268. The molecule has 0 aromatic heterocycles. The molecule has 0 saturated heterocycles. The van der Waals surface area contributed by atoms with E-state index in [-0.39, 0.29) is 30.1 Å². The highest BCUT2D eigenvalue weighted by atomic mass is 16.3. The Morgan fingerprint density at radius 3 is 1.10 bits per heavy atom. The van der Waals surface area contributed by atoms with E-state index in [4.69, 9.17) is 0 Å². The minimum atomic E-state index is -0.979. The molecule has 0 rings (SSSR count). The van der Waals surface area contributed by atoms with Crippen molar-refractivity contribution >= 4 is 11.8 Å². The summed E-state index contributed by atoms with van der Waals surface area (Å²) < 4.78 is 0. The number of hydrogen-bond acceptors (Lipinski definition) is 4. The number of hydrogen-bond donors (Lipinski definition) is 4. The highest BCUT2D eigenvalue weighted by molar-refractivity contribution is 5.97. The number of aliphatic hydroxyl groups is 2. The van der Waals surface area contributed by atoms with Crippen LogP contribution in [0.15, 0.2) is 0 Å². The normalized spacial score (nSPS) is 14.6. The average molecular weight is 443 g/mol. The van der Waals surface area contributed by atoms with Crippen LogP contribution in [0.2, 0.25) is 0 Å². The third kappa shape index (κ3) is 9.48. The lowest BCUT2D eigenvalue weighted by atomic mass is 9.79. The summed E-state index contributed by atoms with van der Waals surface area (Å²) in [5.74, 6) is -0.701. The molecule has 0 aliphatic carbocycles. The van der Waals surface area contributed by atoms with Gasteiger partial charge >= 0.3 is 0 Å². The molecule has 0 saturated carbocycles. The van der Waals surface area contributed by atoms with Gasteiger partial charge in [0.15, 0.2) is 0 Å². The van der Waals surface area contributed by atoms with Crippen LogP contribution in [0.4, 0.5) is 0 Å². The lowest BCUT2D eigenvalue weighted by molar-refractivity contribution is -0.134. The molecule has 4 N–H and O–H groups in total. The van der Waals surface area contributed by atoms with Crippen molar-refractivity contribution in [3.63, 3.8) is 0 Å². The zero-order valence-corrected chi connectivity index (χ0v) is 21.4. The molecule has 31 heavy (non-hydrogen) atoms. The van der Waals surface area contributed by atoms with Crippen LogP contribution in [-0.4, -0.2) is 45.3 Å². The number of carbonyl (C=O) groups is 2. The fourth-order valence-electron chi connectivity index (χ4n) is 5.04. The smallest absolute Gasteiger partial charge is 0.229 e. The predicted octanol–water partition coefficient (Wildman–Crippen LogP) is 4.32. The molecule has 0 radical (unpaired) electrons. The van der Waals surface area contributed by atoms with Gasteiger partial charge in [-0.15, -0.1) is 0 Å². The highest BCUT2D eigenvalue weighted by Crippen LogP contribution is 2.29. The molecule has 0 aromatic carbocycles. The Kier molecular flexibility index (Phi) is 13.6. The number of carbonyl (C=O) groups excluding carboxylic acids is 2. The van der Waals surface area contributed by atoms with Gasteiger partial charge in [-0.05, 0) is 37.5 Å². The van der Waals surface area contributed by atoms with Crippen molar-refractivity contribution in [1.82, 2.24) is 10.6 Å². The molecule has 6 nitrogen and oxygen atoms in total. The number of amides is 2. The van der Waals surface area contributed by atoms with Crippen LogP contribution in [0, 0.1) is 11.8 Å². The number of rotatable bonds is 16. The summed E-state index contributed by atoms with van der Waals surface area (Å²) >= 11 is 0. The third-order valence-electron chi connectivity index (χ3n) is 6.18. The Labute approximate surface area is 191 Å². The Balaban J connectivity index is 5.32. The molecule has 6 heteroatoms. The molecular formula is C25H50N2O4. The standard InChI is InChI=1S/C25H50N2O4/c1-9-13-24(30,14-10-2)22(18(5)6)26-20(28)17-21(29)27-23(19(7)8)25(31,15-11-3)16-12-4/h18-19,22-23,30-31H,9-17H2,1-8H3,(H,26,28)(H,27,29)/t22-,23-/m1/s1. The highest BCUT2D eigenvalue weighted by Gasteiger charge is 2.40. The summed E-state index contributed by atoms with van der Waals surface area (Å²) in [5.41, 5.74) is -1.96. The minimum absolute atomic E-state index is 0.0396. The molecule has 0 aromatic rings. The molecule has 0 bridgehead atoms. The second kappa shape index (κ2) is 14.1. The lowest BCUT2D eigenvalue weighted by Gasteiger charge is -2.40. The van der Waals surface area contributed by atoms with Gasteiger partial charge in [0.2, 0.25) is 11.8 Å². The maximum Gasteiger partial charge on any atom is 0.229 e. The Bertz CT molecular complexity index is 476. The van der Waals surface area contributed by atoms with Gasteiger partial charge in [0.25, 0.3) is 0 Å². The Hall–Kier alpha value is -1.14. The molecule has 0 aliphatic rings. The van der Waals surface area contributed by atoms with Crippen LogP contribution >= 0.6 is 0 Å². The third-order valence-corrected chi connectivity index (χ3v) is 6.18. The van der Waals surface area contributed by atoms with Gasteiger partial charge < -0.3 is 20.8 Å². The van der Waals surface area contributed by atoms with Crippen molar-refractivity contribution in [2.75, 3.05) is 0 Å². The summed E-state index contributed by atoms with van der Waals surface area (Å²) in [6.45, 7) is 16.0. The first-order chi connectivity index (χ1) is 14.4. The van der Waals surface area contributed by atoms with Crippen molar-refractivity contribution in [3.8, 4) is 0 Å². The Morgan fingerprint density at radius 2 is 0.903 bits per heavy atom. The van der Waals surface area contributed by atoms with Crippen molar-refractivity contribution in [1.29, 1.82) is 0 Å². The van der Waals surface area contributed by atoms with Crippen LogP contribution in [0.5, 0.6) is 0 Å². The Morgan fingerprint density at radius 1 is 0.645 bits per heavy atom. The second-order valence-electron chi connectivity index (χ2n) is 9.96. The molecule has 184 valence electrons. The van der Waals surface area contributed by atoms with E-state index in [0.29, 0.717) is 25.7 Å². The van der Waals surface area contributed by atoms with E-state index in [9.17, 15) is 19.8 Å². The van der Waals surface area contributed by atoms with Crippen molar-refractivity contribution in [2.24, 2.45) is 11.8 Å². The van der Waals surface area contributed by atoms with E-state index < -0.39 is 23.3 Å². The van der Waals surface area contributed by atoms with Gasteiger partial charge in [-0.2, -0.15) is 0 Å². The predicted molar refractivity (Wildman–Crippen MR) is 128 cm³/mol. The first kappa shape index (κ1) is 29.9. The molecular weight excluding hydrogens is 392 g/mol. The first-order valence-electron chi connectivity index (χ1n) is 12.4. The number of nitrogens with one attached hydrogen (secondary N) is 2. The maximum absolute atomic E-state index is 12.7. The summed E-state index contributed by atoms with van der Waals surface area (Å²) in [6.07, 6.45) is 5.38. The van der Waals surface area contributed by atoms with Gasteiger partial charge in [0.05, 0.1) is 23.3 Å². The molecule has 0 heterocycles. The van der Waals surface area contributed by atoms with Gasteiger partial charge in [0.1, 0.15) is 6.42 Å². The largest absolute Gasteiger partial charge is 0.388 e. The summed E-state index contributed by atoms with van der Waals surface area (Å²) in [4.78, 5) is 25.5. The SMILES string of the molecule is CCCC(O)(CCC)[C@H](NC(=O)CC(=O)N[C@H](C(C)C)C(O)(CCC)CCC)C(C)C. The first-order valence-corrected chi connectivity index (χ1v) is 12.4. The molecule has 0 aliphatic heterocycles. The van der Waals surface area contributed by atoms with Crippen molar-refractivity contribution in [3.05, 3.63) is 0 Å². The van der Waals surface area contributed by atoms with Crippen LogP contribution in [0.3, 0.4) is 0 Å². The van der Waals surface area contributed by atoms with E-state index in [1.807, 2.05) is 55.4 Å². The topological polar surface area (TPSA) is 98.7 Å². The van der Waals surface area contributed by atoms with Crippen LogP contribution in [0.25, 0.3) is 0 Å². The van der Waals surface area contributed by atoms with Crippen molar-refractivity contribution in [2.45, 2.75) is 136 Å². The van der Waals surface area contributed by atoms with Gasteiger partial charge in [0, 0.05) is 0 Å². The summed E-state index contributed by atoms with van der Waals surface area (Å²) in [7, 11) is 0. The van der Waals surface area contributed by atoms with E-state index in [0.717, 1.165) is 25.7 Å². The van der Waals surface area contributed by atoms with Crippen LogP contribution < -0.4 is 10.6 Å². The molecule has 2 atom stereocenters. The molecule has 0 unspecified atom stereocenters. The summed E-state index contributed by atoms with van der Waals surface area (Å²) in [6, 6.07) is -0.823. The lowest BCUT2D eigenvalue weighted by Crippen LogP contribution is -2.57. The summed E-state index contributed by atoms with van der Waals surface area (Å²) in [5, 5.41) is 28.3. The average Bonchev–Trinajstić information content (AvgIpc) is 2.64. The fourth-order valence-corrected chi connectivity index (χ4v) is 5.04. The molecule has 0 spiro atoms.